The highest BCUT2D eigenvalue weighted by atomic mass is 32.2. The average molecular weight is 454 g/mol. The largest absolute Gasteiger partial charge is 0.355 e. The molecule has 0 radical (unpaired) electrons. The van der Waals surface area contributed by atoms with Gasteiger partial charge in [-0.1, -0.05) is 43.3 Å². The maximum Gasteiger partial charge on any atom is 0.244 e. The number of carbonyl (C=O) groups is 1. The Morgan fingerprint density at radius 2 is 1.76 bits per heavy atom. The van der Waals surface area contributed by atoms with Gasteiger partial charge in [0.05, 0.1) is 10.8 Å². The lowest BCUT2D eigenvalue weighted by atomic mass is 10.2. The molecular weight excluding hydrogens is 426 g/mol. The van der Waals surface area contributed by atoms with Crippen LogP contribution in [0.3, 0.4) is 0 Å². The van der Waals surface area contributed by atoms with Gasteiger partial charge in [-0.3, -0.25) is 4.79 Å². The number of benzene rings is 1. The van der Waals surface area contributed by atoms with E-state index in [2.05, 4.69) is 41.5 Å². The summed E-state index contributed by atoms with van der Waals surface area (Å²) in [6.07, 6.45) is 1.35. The van der Waals surface area contributed by atoms with Crippen LogP contribution in [0.4, 0.5) is 0 Å². The van der Waals surface area contributed by atoms with E-state index in [1.807, 2.05) is 0 Å². The van der Waals surface area contributed by atoms with Crippen molar-refractivity contribution in [3.05, 3.63) is 48.2 Å². The van der Waals surface area contributed by atoms with E-state index in [0.29, 0.717) is 24.7 Å². The summed E-state index contributed by atoms with van der Waals surface area (Å²) in [6.45, 7) is 7.08. The number of aryl methyl sites for hydroxylation is 1. The zero-order chi connectivity index (χ0) is 21.3. The molecule has 0 aliphatic rings. The number of thioether (sulfide) groups is 2. The van der Waals surface area contributed by atoms with E-state index in [1.165, 1.54) is 32.7 Å². The van der Waals surface area contributed by atoms with Crippen molar-refractivity contribution in [2.24, 2.45) is 0 Å². The van der Waals surface area contributed by atoms with Crippen molar-refractivity contribution in [3.63, 3.8) is 0 Å². The molecule has 1 N–H and O–H groups in total. The number of amides is 1. The fraction of sp³-hybridized carbons (Fsp3) is 0.400. The molecule has 0 atom stereocenters. The van der Waals surface area contributed by atoms with Gasteiger partial charge < -0.3 is 5.32 Å². The van der Waals surface area contributed by atoms with Crippen molar-refractivity contribution in [2.75, 3.05) is 31.1 Å². The number of nitrogens with one attached hydrogen (secondary N) is 1. The Hall–Kier alpha value is -1.55. The Bertz CT molecular complexity index is 881. The predicted octanol–water partition coefficient (Wildman–Crippen LogP) is 3.42. The Morgan fingerprint density at radius 1 is 1.07 bits per heavy atom. The highest BCUT2D eigenvalue weighted by Crippen LogP contribution is 2.20. The van der Waals surface area contributed by atoms with Crippen LogP contribution in [0, 0.1) is 6.92 Å². The van der Waals surface area contributed by atoms with Crippen molar-refractivity contribution in [3.8, 4) is 0 Å². The van der Waals surface area contributed by atoms with Gasteiger partial charge >= 0.3 is 0 Å². The maximum atomic E-state index is 12.5. The maximum absolute atomic E-state index is 12.5. The van der Waals surface area contributed by atoms with Crippen LogP contribution in [0.15, 0.2) is 57.4 Å². The summed E-state index contributed by atoms with van der Waals surface area (Å²) < 4.78 is 26.3. The normalized spacial score (nSPS) is 11.6. The first-order valence-corrected chi connectivity index (χ1v) is 12.8. The minimum absolute atomic E-state index is 0.0684. The Kier molecular flexibility index (Phi) is 9.48. The van der Waals surface area contributed by atoms with Gasteiger partial charge in [0.1, 0.15) is 4.90 Å². The molecule has 0 aliphatic heterocycles. The first-order valence-electron chi connectivity index (χ1n) is 9.42. The summed E-state index contributed by atoms with van der Waals surface area (Å²) in [5, 5.41) is 3.51. The molecule has 29 heavy (non-hydrogen) atoms. The van der Waals surface area contributed by atoms with Gasteiger partial charge in [0, 0.05) is 36.5 Å². The molecule has 0 aliphatic carbocycles. The summed E-state index contributed by atoms with van der Waals surface area (Å²) >= 11 is 2.99. The molecule has 2 rings (SSSR count). The van der Waals surface area contributed by atoms with Crippen LogP contribution < -0.4 is 5.32 Å². The molecule has 0 saturated carbocycles. The smallest absolute Gasteiger partial charge is 0.244 e. The SMILES string of the molecule is CCN(CC)S(=O)(=O)c1ccc(SCC(=O)NCCSc2ccc(C)cc2)nc1. The van der Waals surface area contributed by atoms with E-state index < -0.39 is 10.0 Å². The van der Waals surface area contributed by atoms with Gasteiger partial charge in [-0.05, 0) is 31.2 Å². The van der Waals surface area contributed by atoms with Crippen molar-refractivity contribution >= 4 is 39.5 Å². The van der Waals surface area contributed by atoms with E-state index >= 15 is 0 Å². The molecule has 0 saturated heterocycles. The first-order chi connectivity index (χ1) is 13.9. The molecule has 1 heterocycles. The fourth-order valence-electron chi connectivity index (χ4n) is 2.50. The number of hydrogen-bond donors (Lipinski definition) is 1. The average Bonchev–Trinajstić information content (AvgIpc) is 2.72. The van der Waals surface area contributed by atoms with Gasteiger partial charge in [0.2, 0.25) is 15.9 Å². The molecule has 1 aromatic heterocycles. The molecule has 9 heteroatoms. The molecule has 1 aromatic carbocycles. The quantitative estimate of drug-likeness (QED) is 0.415. The zero-order valence-corrected chi connectivity index (χ0v) is 19.4. The number of nitrogens with zero attached hydrogens (tertiary/aromatic N) is 2. The molecule has 158 valence electrons. The standard InChI is InChI=1S/C20H27N3O3S3/c1-4-23(5-2)29(25,26)18-10-11-20(22-14-18)28-15-19(24)21-12-13-27-17-8-6-16(3)7-9-17/h6-11,14H,4-5,12-13,15H2,1-3H3,(H,21,24). The zero-order valence-electron chi connectivity index (χ0n) is 16.9. The summed E-state index contributed by atoms with van der Waals surface area (Å²) in [5.41, 5.74) is 1.23. The van der Waals surface area contributed by atoms with Crippen LogP contribution in [0.2, 0.25) is 0 Å². The number of hydrogen-bond acceptors (Lipinski definition) is 6. The second-order valence-corrected chi connectivity index (χ2v) is 10.3. The number of aromatic nitrogens is 1. The van der Waals surface area contributed by atoms with Gasteiger partial charge in [-0.15, -0.1) is 11.8 Å². The minimum Gasteiger partial charge on any atom is -0.355 e. The number of carbonyl (C=O) groups excluding carboxylic acids is 1. The fourth-order valence-corrected chi connectivity index (χ4v) is 5.35. The molecule has 0 spiro atoms. The third-order valence-electron chi connectivity index (χ3n) is 4.12. The van der Waals surface area contributed by atoms with E-state index in [0.717, 1.165) is 5.75 Å². The van der Waals surface area contributed by atoms with Crippen molar-refractivity contribution in [1.29, 1.82) is 0 Å². The highest BCUT2D eigenvalue weighted by Gasteiger charge is 2.21. The molecule has 0 bridgehead atoms. The monoisotopic (exact) mass is 453 g/mol. The van der Waals surface area contributed by atoms with Gasteiger partial charge in [0.25, 0.3) is 0 Å². The van der Waals surface area contributed by atoms with E-state index in [9.17, 15) is 13.2 Å². The summed E-state index contributed by atoms with van der Waals surface area (Å²) in [6, 6.07) is 11.5. The first kappa shape index (κ1) is 23.7. The topological polar surface area (TPSA) is 79.4 Å². The number of sulfonamides is 1. The molecule has 2 aromatic rings. The van der Waals surface area contributed by atoms with Gasteiger partial charge in [0.15, 0.2) is 0 Å². The van der Waals surface area contributed by atoms with Crippen LogP contribution in [-0.2, 0) is 14.8 Å². The number of pyridine rings is 1. The lowest BCUT2D eigenvalue weighted by Crippen LogP contribution is -2.30. The van der Waals surface area contributed by atoms with E-state index in [1.54, 1.807) is 37.7 Å². The van der Waals surface area contributed by atoms with Crippen molar-refractivity contribution < 1.29 is 13.2 Å². The lowest BCUT2D eigenvalue weighted by Gasteiger charge is -2.18. The Labute approximate surface area is 181 Å². The van der Waals surface area contributed by atoms with Crippen molar-refractivity contribution in [2.45, 2.75) is 35.6 Å². The molecule has 6 nitrogen and oxygen atoms in total. The molecule has 1 amide bonds. The Balaban J connectivity index is 1.75. The lowest BCUT2D eigenvalue weighted by molar-refractivity contribution is -0.118. The highest BCUT2D eigenvalue weighted by molar-refractivity contribution is 8.00. The van der Waals surface area contributed by atoms with Crippen LogP contribution in [0.5, 0.6) is 0 Å². The second-order valence-electron chi connectivity index (χ2n) is 6.22. The second kappa shape index (κ2) is 11.6. The van der Waals surface area contributed by atoms with Crippen molar-refractivity contribution in [1.82, 2.24) is 14.6 Å². The van der Waals surface area contributed by atoms with Gasteiger partial charge in [-0.25, -0.2) is 13.4 Å². The summed E-state index contributed by atoms with van der Waals surface area (Å²) in [7, 11) is -3.51. The molecule has 0 fully saturated rings. The van der Waals surface area contributed by atoms with Crippen LogP contribution >= 0.6 is 23.5 Å². The van der Waals surface area contributed by atoms with E-state index in [4.69, 9.17) is 0 Å². The summed E-state index contributed by atoms with van der Waals surface area (Å²) in [4.78, 5) is 17.5. The summed E-state index contributed by atoms with van der Waals surface area (Å²) in [5.74, 6) is 0.973. The van der Waals surface area contributed by atoms with Crippen LogP contribution in [0.25, 0.3) is 0 Å². The minimum atomic E-state index is -3.51. The van der Waals surface area contributed by atoms with Crippen LogP contribution in [0.1, 0.15) is 19.4 Å². The number of rotatable bonds is 11. The third kappa shape index (κ3) is 7.33. The predicted molar refractivity (Wildman–Crippen MR) is 120 cm³/mol. The molecular formula is C20H27N3O3S3. The van der Waals surface area contributed by atoms with Gasteiger partial charge in [-0.2, -0.15) is 4.31 Å². The molecule has 0 unspecified atom stereocenters. The van der Waals surface area contributed by atoms with Crippen LogP contribution in [-0.4, -0.2) is 54.8 Å². The third-order valence-corrected chi connectivity index (χ3v) is 8.11. The Morgan fingerprint density at radius 3 is 2.34 bits per heavy atom. The van der Waals surface area contributed by atoms with E-state index in [-0.39, 0.29) is 16.6 Å².